The van der Waals surface area contributed by atoms with Crippen LogP contribution in [-0.4, -0.2) is 46.2 Å². The number of fused-ring (bicyclic) bond motifs is 1. The van der Waals surface area contributed by atoms with E-state index in [1.54, 1.807) is 0 Å². The second-order valence-corrected chi connectivity index (χ2v) is 5.79. The van der Waals surface area contributed by atoms with Gasteiger partial charge in [-0.3, -0.25) is 14.8 Å². The van der Waals surface area contributed by atoms with Gasteiger partial charge in [-0.1, -0.05) is 13.3 Å². The van der Waals surface area contributed by atoms with Crippen LogP contribution in [0.15, 0.2) is 0 Å². The number of amides is 1. The van der Waals surface area contributed by atoms with Crippen LogP contribution in [0.25, 0.3) is 0 Å². The molecule has 2 saturated heterocycles. The number of carbonyl (C=O) groups is 1. The summed E-state index contributed by atoms with van der Waals surface area (Å²) in [6.07, 6.45) is 5.51. The maximum Gasteiger partial charge on any atom is 0.274 e. The number of anilines is 1. The summed E-state index contributed by atoms with van der Waals surface area (Å²) < 4.78 is 0. The van der Waals surface area contributed by atoms with Crippen molar-refractivity contribution < 1.29 is 4.79 Å². The molecule has 110 valence electrons. The Labute approximate surface area is 119 Å². The maximum atomic E-state index is 12.3. The molecule has 0 saturated carbocycles. The van der Waals surface area contributed by atoms with E-state index in [4.69, 9.17) is 5.73 Å². The van der Waals surface area contributed by atoms with Crippen LogP contribution >= 0.6 is 0 Å². The van der Waals surface area contributed by atoms with Gasteiger partial charge in [0.2, 0.25) is 0 Å². The van der Waals surface area contributed by atoms with E-state index in [0.29, 0.717) is 17.4 Å². The summed E-state index contributed by atoms with van der Waals surface area (Å²) in [5.74, 6) is -0.143. The molecule has 3 heterocycles. The number of carbonyl (C=O) groups excluding carboxylic acids is 1. The van der Waals surface area contributed by atoms with Gasteiger partial charge >= 0.3 is 0 Å². The zero-order valence-corrected chi connectivity index (χ0v) is 12.0. The minimum Gasteiger partial charge on any atom is -0.395 e. The number of aryl methyl sites for hydroxylation is 1. The second-order valence-electron chi connectivity index (χ2n) is 5.79. The topological polar surface area (TPSA) is 87.0 Å². The van der Waals surface area contributed by atoms with Crippen LogP contribution in [0.1, 0.15) is 48.8 Å². The van der Waals surface area contributed by atoms with Crippen molar-refractivity contribution in [1.29, 1.82) is 0 Å². The largest absolute Gasteiger partial charge is 0.395 e. The highest BCUT2D eigenvalue weighted by Gasteiger charge is 2.36. The molecule has 2 fully saturated rings. The lowest BCUT2D eigenvalue weighted by Crippen LogP contribution is -2.47. The molecule has 0 aromatic carbocycles. The van der Waals surface area contributed by atoms with E-state index in [1.165, 1.54) is 25.8 Å². The average Bonchev–Trinajstić information content (AvgIpc) is 3.03. The average molecular weight is 277 g/mol. The maximum absolute atomic E-state index is 12.3. The molecule has 1 aromatic rings. The highest BCUT2D eigenvalue weighted by molar-refractivity contribution is 5.97. The van der Waals surface area contributed by atoms with Gasteiger partial charge in [0.1, 0.15) is 0 Å². The van der Waals surface area contributed by atoms with Crippen LogP contribution in [0.4, 0.5) is 5.69 Å². The number of nitrogens with zero attached hydrogens (tertiary/aromatic N) is 2. The smallest absolute Gasteiger partial charge is 0.274 e. The fourth-order valence-electron chi connectivity index (χ4n) is 3.48. The zero-order chi connectivity index (χ0) is 14.1. The molecule has 1 amide bonds. The lowest BCUT2D eigenvalue weighted by atomic mass is 9.99. The Morgan fingerprint density at radius 1 is 1.45 bits per heavy atom. The number of nitrogen functional groups attached to an aromatic ring is 1. The molecule has 0 radical (unpaired) electrons. The zero-order valence-electron chi connectivity index (χ0n) is 12.0. The first-order valence-corrected chi connectivity index (χ1v) is 7.58. The van der Waals surface area contributed by atoms with E-state index in [1.807, 2.05) is 6.92 Å². The van der Waals surface area contributed by atoms with Crippen molar-refractivity contribution in [3.63, 3.8) is 0 Å². The molecular weight excluding hydrogens is 254 g/mol. The van der Waals surface area contributed by atoms with Crippen LogP contribution < -0.4 is 11.1 Å². The Kier molecular flexibility index (Phi) is 3.65. The summed E-state index contributed by atoms with van der Waals surface area (Å²) in [4.78, 5) is 14.8. The molecule has 0 bridgehead atoms. The summed E-state index contributed by atoms with van der Waals surface area (Å²) in [5.41, 5.74) is 7.62. The Balaban J connectivity index is 1.68. The number of aromatic amines is 1. The molecule has 1 aromatic heterocycles. The Morgan fingerprint density at radius 3 is 3.05 bits per heavy atom. The fourth-order valence-corrected chi connectivity index (χ4v) is 3.48. The standard InChI is InChI=1S/C14H23N5O/c1-2-9-12(15)13(18-17-9)14(20)16-10-6-8-19-7-4-3-5-11(10)19/h10-11H,2-8,15H2,1H3,(H,16,20)(H,17,18). The monoisotopic (exact) mass is 277 g/mol. The number of piperidine rings is 1. The molecular formula is C14H23N5O. The number of rotatable bonds is 3. The lowest BCUT2D eigenvalue weighted by molar-refractivity contribution is 0.0911. The minimum absolute atomic E-state index is 0.143. The molecule has 6 nitrogen and oxygen atoms in total. The van der Waals surface area contributed by atoms with E-state index in [0.717, 1.165) is 25.1 Å². The van der Waals surface area contributed by atoms with E-state index in [2.05, 4.69) is 20.4 Å². The summed E-state index contributed by atoms with van der Waals surface area (Å²) in [6.45, 7) is 4.25. The first-order chi connectivity index (χ1) is 9.70. The van der Waals surface area contributed by atoms with Crippen molar-refractivity contribution in [1.82, 2.24) is 20.4 Å². The third-order valence-electron chi connectivity index (χ3n) is 4.62. The van der Waals surface area contributed by atoms with E-state index in [-0.39, 0.29) is 11.9 Å². The van der Waals surface area contributed by atoms with E-state index < -0.39 is 0 Å². The summed E-state index contributed by atoms with van der Waals surface area (Å²) in [7, 11) is 0. The summed E-state index contributed by atoms with van der Waals surface area (Å²) >= 11 is 0. The third kappa shape index (κ3) is 2.28. The predicted molar refractivity (Wildman–Crippen MR) is 77.5 cm³/mol. The van der Waals surface area contributed by atoms with Gasteiger partial charge in [0.15, 0.2) is 5.69 Å². The van der Waals surface area contributed by atoms with Gasteiger partial charge < -0.3 is 11.1 Å². The van der Waals surface area contributed by atoms with Crippen LogP contribution in [-0.2, 0) is 6.42 Å². The van der Waals surface area contributed by atoms with Crippen molar-refractivity contribution in [2.45, 2.75) is 51.1 Å². The van der Waals surface area contributed by atoms with Crippen molar-refractivity contribution in [3.8, 4) is 0 Å². The number of hydrogen-bond acceptors (Lipinski definition) is 4. The molecule has 2 unspecified atom stereocenters. The van der Waals surface area contributed by atoms with Gasteiger partial charge in [-0.05, 0) is 32.2 Å². The van der Waals surface area contributed by atoms with E-state index >= 15 is 0 Å². The molecule has 4 N–H and O–H groups in total. The number of nitrogens with one attached hydrogen (secondary N) is 2. The predicted octanol–water partition coefficient (Wildman–Crippen LogP) is 0.911. The molecule has 20 heavy (non-hydrogen) atoms. The van der Waals surface area contributed by atoms with Gasteiger partial charge in [-0.25, -0.2) is 0 Å². The number of nitrogens with two attached hydrogens (primary N) is 1. The van der Waals surface area contributed by atoms with Crippen molar-refractivity contribution >= 4 is 11.6 Å². The molecule has 2 aliphatic rings. The van der Waals surface area contributed by atoms with Gasteiger partial charge in [-0.15, -0.1) is 0 Å². The summed E-state index contributed by atoms with van der Waals surface area (Å²) in [6, 6.07) is 0.738. The Hall–Kier alpha value is -1.56. The number of aromatic nitrogens is 2. The van der Waals surface area contributed by atoms with Gasteiger partial charge in [0, 0.05) is 18.6 Å². The highest BCUT2D eigenvalue weighted by Crippen LogP contribution is 2.27. The number of H-pyrrole nitrogens is 1. The van der Waals surface area contributed by atoms with Gasteiger partial charge in [0.25, 0.3) is 5.91 Å². The summed E-state index contributed by atoms with van der Waals surface area (Å²) in [5, 5.41) is 10.0. The minimum atomic E-state index is -0.143. The molecule has 0 spiro atoms. The first-order valence-electron chi connectivity index (χ1n) is 7.58. The van der Waals surface area contributed by atoms with Crippen molar-refractivity contribution in [2.24, 2.45) is 0 Å². The van der Waals surface area contributed by atoms with Crippen molar-refractivity contribution in [3.05, 3.63) is 11.4 Å². The fraction of sp³-hybridized carbons (Fsp3) is 0.714. The molecule has 2 atom stereocenters. The van der Waals surface area contributed by atoms with Crippen LogP contribution in [0, 0.1) is 0 Å². The van der Waals surface area contributed by atoms with E-state index in [9.17, 15) is 4.79 Å². The quantitative estimate of drug-likeness (QED) is 0.766. The van der Waals surface area contributed by atoms with Gasteiger partial charge in [0.05, 0.1) is 11.4 Å². The molecule has 6 heteroatoms. The second kappa shape index (κ2) is 5.44. The SMILES string of the molecule is CCc1[nH]nc(C(=O)NC2CCN3CCCCC23)c1N. The Bertz CT molecular complexity index is 498. The molecule has 3 rings (SSSR count). The Morgan fingerprint density at radius 2 is 2.30 bits per heavy atom. The number of hydrogen-bond donors (Lipinski definition) is 3. The molecule has 2 aliphatic heterocycles. The van der Waals surface area contributed by atoms with Crippen molar-refractivity contribution in [2.75, 3.05) is 18.8 Å². The third-order valence-corrected chi connectivity index (χ3v) is 4.62. The van der Waals surface area contributed by atoms with Crippen LogP contribution in [0.3, 0.4) is 0 Å². The molecule has 0 aliphatic carbocycles. The van der Waals surface area contributed by atoms with Crippen LogP contribution in [0.2, 0.25) is 0 Å². The normalized spacial score (nSPS) is 26.4. The van der Waals surface area contributed by atoms with Gasteiger partial charge in [-0.2, -0.15) is 5.10 Å². The first kappa shape index (κ1) is 13.4. The highest BCUT2D eigenvalue weighted by atomic mass is 16.2. The lowest BCUT2D eigenvalue weighted by Gasteiger charge is -2.32. The van der Waals surface area contributed by atoms with Crippen LogP contribution in [0.5, 0.6) is 0 Å².